The highest BCUT2D eigenvalue weighted by Crippen LogP contribution is 2.29. The van der Waals surface area contributed by atoms with Crippen molar-refractivity contribution >= 4 is 15.8 Å². The quantitative estimate of drug-likeness (QED) is 0.578. The number of anilines is 1. The van der Waals surface area contributed by atoms with Crippen LogP contribution in [0, 0.1) is 11.8 Å². The fraction of sp³-hybridized carbons (Fsp3) is 0.615. The Balaban J connectivity index is 2.14. The lowest BCUT2D eigenvalue weighted by atomic mass is 9.81. The number of nitrogens with zero attached hydrogens (tertiary/aromatic N) is 1. The van der Waals surface area contributed by atoms with Gasteiger partial charge in [0.2, 0.25) is 10.0 Å². The van der Waals surface area contributed by atoms with Crippen LogP contribution >= 0.6 is 0 Å². The van der Waals surface area contributed by atoms with Gasteiger partial charge >= 0.3 is 0 Å². The van der Waals surface area contributed by atoms with Gasteiger partial charge in [-0.25, -0.2) is 24.0 Å². The molecule has 0 saturated heterocycles. The van der Waals surface area contributed by atoms with E-state index < -0.39 is 10.0 Å². The molecule has 20 heavy (non-hydrogen) atoms. The van der Waals surface area contributed by atoms with Gasteiger partial charge < -0.3 is 5.43 Å². The van der Waals surface area contributed by atoms with E-state index in [-0.39, 0.29) is 10.9 Å². The van der Waals surface area contributed by atoms with Crippen LogP contribution < -0.4 is 16.0 Å². The first kappa shape index (κ1) is 15.2. The Morgan fingerprint density at radius 1 is 1.25 bits per heavy atom. The minimum absolute atomic E-state index is 0.00111. The average molecular weight is 298 g/mol. The van der Waals surface area contributed by atoms with Crippen molar-refractivity contribution in [2.45, 2.75) is 44.0 Å². The van der Waals surface area contributed by atoms with E-state index in [1.807, 2.05) is 0 Å². The smallest absolute Gasteiger partial charge is 0.241 e. The first-order chi connectivity index (χ1) is 9.40. The number of pyridine rings is 1. The zero-order valence-electron chi connectivity index (χ0n) is 11.8. The van der Waals surface area contributed by atoms with E-state index in [1.54, 1.807) is 0 Å². The first-order valence-corrected chi connectivity index (χ1v) is 8.34. The lowest BCUT2D eigenvalue weighted by molar-refractivity contribution is 0.257. The third-order valence-electron chi connectivity index (χ3n) is 3.69. The van der Waals surface area contributed by atoms with Gasteiger partial charge in [-0.15, -0.1) is 0 Å². The van der Waals surface area contributed by atoms with Crippen molar-refractivity contribution in [3.8, 4) is 0 Å². The molecule has 1 aliphatic carbocycles. The molecule has 0 aliphatic heterocycles. The van der Waals surface area contributed by atoms with Gasteiger partial charge in [-0.05, 0) is 37.2 Å². The Labute approximate surface area is 120 Å². The van der Waals surface area contributed by atoms with Crippen LogP contribution in [0.3, 0.4) is 0 Å². The summed E-state index contributed by atoms with van der Waals surface area (Å²) in [6.07, 6.45) is 4.36. The summed E-state index contributed by atoms with van der Waals surface area (Å²) in [6, 6.07) is 2.90. The minimum Gasteiger partial charge on any atom is -0.308 e. The van der Waals surface area contributed by atoms with Gasteiger partial charge in [0, 0.05) is 18.3 Å². The summed E-state index contributed by atoms with van der Waals surface area (Å²) in [4.78, 5) is 4.10. The predicted molar refractivity (Wildman–Crippen MR) is 78.3 cm³/mol. The molecule has 0 amide bonds. The third kappa shape index (κ3) is 3.68. The highest BCUT2D eigenvalue weighted by atomic mass is 32.2. The third-order valence-corrected chi connectivity index (χ3v) is 5.21. The lowest BCUT2D eigenvalue weighted by Gasteiger charge is -2.31. The van der Waals surface area contributed by atoms with Crippen LogP contribution in [0.5, 0.6) is 0 Å². The lowest BCUT2D eigenvalue weighted by Crippen LogP contribution is -2.40. The predicted octanol–water partition coefficient (Wildman–Crippen LogP) is 1.47. The Kier molecular flexibility index (Phi) is 4.62. The molecule has 0 radical (unpaired) electrons. The molecule has 6 nitrogen and oxygen atoms in total. The van der Waals surface area contributed by atoms with Crippen LogP contribution in [0.25, 0.3) is 0 Å². The normalized spacial score (nSPS) is 27.2. The number of hydrazine groups is 1. The molecule has 1 aliphatic rings. The summed E-state index contributed by atoms with van der Waals surface area (Å²) >= 11 is 0. The van der Waals surface area contributed by atoms with Crippen molar-refractivity contribution < 1.29 is 8.42 Å². The maximum Gasteiger partial charge on any atom is 0.241 e. The molecule has 112 valence electrons. The highest BCUT2D eigenvalue weighted by molar-refractivity contribution is 7.89. The summed E-state index contributed by atoms with van der Waals surface area (Å²) in [5.41, 5.74) is 2.35. The molecular formula is C13H22N4O2S. The van der Waals surface area contributed by atoms with Crippen LogP contribution in [0.2, 0.25) is 0 Å². The van der Waals surface area contributed by atoms with Crippen LogP contribution in [-0.4, -0.2) is 19.4 Å². The van der Waals surface area contributed by atoms with E-state index in [1.165, 1.54) is 18.3 Å². The van der Waals surface area contributed by atoms with Gasteiger partial charge in [0.25, 0.3) is 0 Å². The van der Waals surface area contributed by atoms with Crippen LogP contribution in [0.15, 0.2) is 23.2 Å². The summed E-state index contributed by atoms with van der Waals surface area (Å²) in [6.45, 7) is 4.33. The number of hydrogen-bond donors (Lipinski definition) is 3. The molecule has 2 atom stereocenters. The van der Waals surface area contributed by atoms with Crippen molar-refractivity contribution in [3.05, 3.63) is 18.3 Å². The second kappa shape index (κ2) is 6.07. The van der Waals surface area contributed by atoms with Crippen molar-refractivity contribution in [2.75, 3.05) is 5.43 Å². The van der Waals surface area contributed by atoms with Gasteiger partial charge in [0.05, 0.1) is 4.90 Å². The highest BCUT2D eigenvalue weighted by Gasteiger charge is 2.28. The molecule has 1 saturated carbocycles. The number of nitrogens with two attached hydrogens (primary N) is 1. The van der Waals surface area contributed by atoms with Crippen molar-refractivity contribution in [1.82, 2.24) is 9.71 Å². The van der Waals surface area contributed by atoms with Gasteiger partial charge in [0.1, 0.15) is 5.82 Å². The number of hydrogen-bond acceptors (Lipinski definition) is 5. The number of aromatic nitrogens is 1. The second-order valence-corrected chi connectivity index (χ2v) is 7.47. The Morgan fingerprint density at radius 2 is 1.90 bits per heavy atom. The summed E-state index contributed by atoms with van der Waals surface area (Å²) in [5.74, 6) is 6.68. The van der Waals surface area contributed by atoms with E-state index >= 15 is 0 Å². The van der Waals surface area contributed by atoms with E-state index in [2.05, 4.69) is 29.0 Å². The maximum atomic E-state index is 12.4. The zero-order chi connectivity index (χ0) is 14.8. The van der Waals surface area contributed by atoms with E-state index in [9.17, 15) is 8.42 Å². The second-order valence-electron chi connectivity index (χ2n) is 5.76. The van der Waals surface area contributed by atoms with Gasteiger partial charge in [0.15, 0.2) is 0 Å². The first-order valence-electron chi connectivity index (χ1n) is 6.85. The molecule has 1 heterocycles. The summed E-state index contributed by atoms with van der Waals surface area (Å²) in [5, 5.41) is 0. The molecule has 1 aromatic rings. The number of nitrogen functional groups attached to an aromatic ring is 1. The number of nitrogens with one attached hydrogen (secondary N) is 2. The molecule has 2 rings (SSSR count). The maximum absolute atomic E-state index is 12.4. The number of rotatable bonds is 4. The molecule has 2 unspecified atom stereocenters. The molecule has 4 N–H and O–H groups in total. The molecule has 0 spiro atoms. The topological polar surface area (TPSA) is 97.1 Å². The molecule has 7 heteroatoms. The summed E-state index contributed by atoms with van der Waals surface area (Å²) < 4.78 is 27.5. The fourth-order valence-electron chi connectivity index (χ4n) is 2.99. The van der Waals surface area contributed by atoms with Crippen molar-refractivity contribution in [3.63, 3.8) is 0 Å². The van der Waals surface area contributed by atoms with Gasteiger partial charge in [-0.2, -0.15) is 0 Å². The van der Waals surface area contributed by atoms with E-state index in [0.29, 0.717) is 17.7 Å². The molecule has 1 aromatic heterocycles. The fourth-order valence-corrected chi connectivity index (χ4v) is 4.26. The van der Waals surface area contributed by atoms with Crippen LogP contribution in [0.1, 0.15) is 33.1 Å². The minimum atomic E-state index is -3.52. The average Bonchev–Trinajstić information content (AvgIpc) is 2.37. The largest absolute Gasteiger partial charge is 0.308 e. The monoisotopic (exact) mass is 298 g/mol. The zero-order valence-corrected chi connectivity index (χ0v) is 12.7. The van der Waals surface area contributed by atoms with E-state index in [4.69, 9.17) is 5.84 Å². The molecule has 0 aromatic carbocycles. The SMILES string of the molecule is CC1CC(C)CC(NS(=O)(=O)c2ccnc(NN)c2)C1. The Morgan fingerprint density at radius 3 is 2.50 bits per heavy atom. The standard InChI is InChI=1S/C13H22N4O2S/c1-9-5-10(2)7-11(6-9)17-20(18,19)12-3-4-15-13(8-12)16-14/h3-4,8-11,17H,5-7,14H2,1-2H3,(H,15,16). The number of sulfonamides is 1. The van der Waals surface area contributed by atoms with Crippen molar-refractivity contribution in [1.29, 1.82) is 0 Å². The van der Waals surface area contributed by atoms with Crippen LogP contribution in [0.4, 0.5) is 5.82 Å². The Bertz CT molecular complexity index is 551. The van der Waals surface area contributed by atoms with Gasteiger partial charge in [-0.1, -0.05) is 13.8 Å². The summed E-state index contributed by atoms with van der Waals surface area (Å²) in [7, 11) is -3.52. The van der Waals surface area contributed by atoms with Gasteiger partial charge in [-0.3, -0.25) is 0 Å². The molecule has 1 fully saturated rings. The van der Waals surface area contributed by atoms with Crippen molar-refractivity contribution in [2.24, 2.45) is 17.7 Å². The Hall–Kier alpha value is -1.18. The molecule has 0 bridgehead atoms. The van der Waals surface area contributed by atoms with Crippen LogP contribution in [-0.2, 0) is 10.0 Å². The molecular weight excluding hydrogens is 276 g/mol. The van der Waals surface area contributed by atoms with E-state index in [0.717, 1.165) is 19.3 Å².